The summed E-state index contributed by atoms with van der Waals surface area (Å²) < 4.78 is 10.6. The molecule has 0 saturated carbocycles. The number of carbonyl (C=O) groups excluding carboxylic acids is 1. The van der Waals surface area contributed by atoms with Crippen molar-refractivity contribution < 1.29 is 31.4 Å². The number of rotatable bonds is 9. The largest absolute Gasteiger partial charge is 0.512 e. The van der Waals surface area contributed by atoms with E-state index in [1.807, 2.05) is 41.5 Å². The minimum absolute atomic E-state index is 0. The van der Waals surface area contributed by atoms with Crippen LogP contribution < -0.4 is 5.19 Å². The molecule has 1 radical (unpaired) electrons. The molecule has 2 aromatic heterocycles. The van der Waals surface area contributed by atoms with Crippen LogP contribution in [0.25, 0.3) is 42.3 Å². The molecule has 0 fully saturated rings. The van der Waals surface area contributed by atoms with E-state index in [4.69, 9.17) is 1.37 Å². The van der Waals surface area contributed by atoms with Gasteiger partial charge in [-0.2, -0.15) is 0 Å². The predicted octanol–water partition coefficient (Wildman–Crippen LogP) is 12.0. The summed E-state index contributed by atoms with van der Waals surface area (Å²) in [5.74, 6) is 0.286. The van der Waals surface area contributed by atoms with Crippen LogP contribution in [0.3, 0.4) is 0 Å². The van der Waals surface area contributed by atoms with Crippen molar-refractivity contribution in [1.29, 1.82) is 0 Å². The molecule has 0 aliphatic carbocycles. The van der Waals surface area contributed by atoms with E-state index >= 15 is 0 Å². The van der Waals surface area contributed by atoms with Gasteiger partial charge in [-0.25, -0.2) is 4.98 Å². The van der Waals surface area contributed by atoms with Crippen molar-refractivity contribution in [3.05, 3.63) is 78.3 Å². The van der Waals surface area contributed by atoms with E-state index in [1.54, 1.807) is 11.3 Å². The third-order valence-corrected chi connectivity index (χ3v) is 13.7. The Kier molecular flexibility index (Phi) is 12.5. The quantitative estimate of drug-likeness (QED) is 0.0694. The Morgan fingerprint density at radius 1 is 0.898 bits per heavy atom. The number of nitrogens with zero attached hydrogens (tertiary/aromatic N) is 2. The van der Waals surface area contributed by atoms with Crippen molar-refractivity contribution in [3.8, 4) is 11.3 Å². The second-order valence-electron chi connectivity index (χ2n) is 15.7. The first kappa shape index (κ1) is 39.1. The molecule has 4 nitrogen and oxygen atoms in total. The van der Waals surface area contributed by atoms with Crippen molar-refractivity contribution in [2.45, 2.75) is 113 Å². The van der Waals surface area contributed by atoms with Crippen LogP contribution in [0.4, 0.5) is 0 Å². The van der Waals surface area contributed by atoms with Crippen LogP contribution in [0, 0.1) is 16.9 Å². The maximum atomic E-state index is 12.2. The van der Waals surface area contributed by atoms with Crippen LogP contribution in [0.5, 0.6) is 0 Å². The molecule has 5 rings (SSSR count). The van der Waals surface area contributed by atoms with Crippen LogP contribution in [-0.4, -0.2) is 28.9 Å². The van der Waals surface area contributed by atoms with Crippen molar-refractivity contribution in [3.63, 3.8) is 0 Å². The number of aromatic nitrogens is 2. The van der Waals surface area contributed by atoms with Gasteiger partial charge in [-0.1, -0.05) is 128 Å². The van der Waals surface area contributed by atoms with E-state index in [1.165, 1.54) is 26.9 Å². The molecule has 0 saturated heterocycles. The number of thiophene rings is 1. The van der Waals surface area contributed by atoms with Gasteiger partial charge in [0.15, 0.2) is 5.78 Å². The first-order valence-electron chi connectivity index (χ1n) is 17.9. The van der Waals surface area contributed by atoms with Crippen molar-refractivity contribution in [1.82, 2.24) is 9.97 Å². The van der Waals surface area contributed by atoms with Gasteiger partial charge in [0.2, 0.25) is 0 Å². The Morgan fingerprint density at radius 3 is 2.08 bits per heavy atom. The summed E-state index contributed by atoms with van der Waals surface area (Å²) >= 11 is 1.73. The molecule has 49 heavy (non-hydrogen) atoms. The Bertz CT molecular complexity index is 2010. The number of aliphatic hydroxyl groups excluding tert-OH is 1. The Labute approximate surface area is 314 Å². The zero-order chi connectivity index (χ0) is 36.5. The number of aliphatic hydroxyl groups is 1. The minimum Gasteiger partial charge on any atom is -0.512 e. The fourth-order valence-corrected chi connectivity index (χ4v) is 8.29. The molecular weight excluding hydrogens is 817 g/mol. The Morgan fingerprint density at radius 2 is 1.51 bits per heavy atom. The number of carbonyl (C=O) groups is 1. The Hall–Kier alpha value is -2.70. The van der Waals surface area contributed by atoms with E-state index in [0.29, 0.717) is 0 Å². The molecule has 0 aliphatic heterocycles. The van der Waals surface area contributed by atoms with Crippen molar-refractivity contribution >= 4 is 61.5 Å². The van der Waals surface area contributed by atoms with E-state index in [2.05, 4.69) is 105 Å². The minimum atomic E-state index is -1.42. The van der Waals surface area contributed by atoms with Crippen LogP contribution in [0.15, 0.2) is 66.7 Å². The molecule has 3 aromatic carbocycles. The zero-order valence-corrected chi connectivity index (χ0v) is 35.7. The second-order valence-corrected chi connectivity index (χ2v) is 21.9. The average molecular weight is 873 g/mol. The molecular formula is C42H55IrN2O2SSi-. The van der Waals surface area contributed by atoms with Crippen LogP contribution in [0.2, 0.25) is 19.6 Å². The van der Waals surface area contributed by atoms with Crippen LogP contribution in [-0.2, 0) is 30.3 Å². The topological polar surface area (TPSA) is 63.1 Å². The van der Waals surface area contributed by atoms with Gasteiger partial charge in [-0.15, -0.1) is 40.5 Å². The molecule has 0 aliphatic rings. The van der Waals surface area contributed by atoms with Gasteiger partial charge in [0.1, 0.15) is 13.4 Å². The normalized spacial score (nSPS) is 13.2. The van der Waals surface area contributed by atoms with Crippen LogP contribution >= 0.6 is 11.3 Å². The molecule has 265 valence electrons. The Balaban J connectivity index is 0.000000323. The summed E-state index contributed by atoms with van der Waals surface area (Å²) in [6, 6.07) is 21.0. The van der Waals surface area contributed by atoms with Gasteiger partial charge in [0.05, 0.1) is 13.6 Å². The first-order chi connectivity index (χ1) is 22.8. The van der Waals surface area contributed by atoms with Gasteiger partial charge in [0, 0.05) is 57.5 Å². The maximum absolute atomic E-state index is 12.2. The SMILES string of the molecule is CCC(C)(CC)C(=O)/C=C(\O)C(C)(CC)CC.[2H]c1nc(-c2[c-]c3ccccc3c(C(C)(C)C)c2)c2sc3cc([Si](C)(C)C)ccc3c2n1.[Ir]. The fourth-order valence-electron chi connectivity index (χ4n) is 5.84. The standard InChI is InChI=1S/C27H27N2SSi.C15H28O2.Ir/c1-27(2,3)22-14-18(13-17-9-7-8-10-20(17)22)24-26-25(29-16-28-24)21-12-11-19(31(4,5)6)15-23(21)30-26;1-7-14(5,8-2)12(16)11-13(17)15(6,9-3)10-4;/h7-12,14-16H,1-6H3;11,16H,7-10H2,1-6H3;/q-1;;/b;12-11-;/i16D;;. The smallest absolute Gasteiger partial charge is 0.164 e. The van der Waals surface area contributed by atoms with E-state index in [9.17, 15) is 9.90 Å². The summed E-state index contributed by atoms with van der Waals surface area (Å²) in [5, 5.41) is 15.0. The van der Waals surface area contributed by atoms with E-state index in [0.717, 1.165) is 57.9 Å². The van der Waals surface area contributed by atoms with Gasteiger partial charge in [-0.05, 0) is 37.2 Å². The van der Waals surface area contributed by atoms with Gasteiger partial charge in [0.25, 0.3) is 0 Å². The molecule has 0 spiro atoms. The number of hydrogen-bond donors (Lipinski definition) is 1. The molecule has 0 atom stereocenters. The summed E-state index contributed by atoms with van der Waals surface area (Å²) in [7, 11) is -1.42. The molecule has 0 bridgehead atoms. The van der Waals surface area contributed by atoms with E-state index < -0.39 is 8.07 Å². The number of ketones is 1. The second kappa shape index (κ2) is 15.7. The molecule has 5 aromatic rings. The monoisotopic (exact) mass is 873 g/mol. The third kappa shape index (κ3) is 8.61. The first-order valence-corrected chi connectivity index (χ1v) is 21.8. The van der Waals surface area contributed by atoms with Gasteiger partial charge in [-0.3, -0.25) is 9.78 Å². The number of hydrogen-bond acceptors (Lipinski definition) is 5. The summed E-state index contributed by atoms with van der Waals surface area (Å²) in [6.07, 6.45) is 4.81. The molecule has 0 unspecified atom stereocenters. The van der Waals surface area contributed by atoms with Crippen molar-refractivity contribution in [2.75, 3.05) is 0 Å². The summed E-state index contributed by atoms with van der Waals surface area (Å²) in [4.78, 5) is 21.3. The fraction of sp³-hybridized carbons (Fsp3) is 0.452. The van der Waals surface area contributed by atoms with Crippen LogP contribution in [0.1, 0.15) is 94.9 Å². The molecule has 1 N–H and O–H groups in total. The molecule has 7 heteroatoms. The number of allylic oxidation sites excluding steroid dienone is 2. The summed E-state index contributed by atoms with van der Waals surface area (Å²) in [5.41, 5.74) is 3.27. The third-order valence-electron chi connectivity index (χ3n) is 10.5. The zero-order valence-electron chi connectivity index (χ0n) is 32.5. The maximum Gasteiger partial charge on any atom is 0.164 e. The predicted molar refractivity (Wildman–Crippen MR) is 211 cm³/mol. The molecule has 2 heterocycles. The van der Waals surface area contributed by atoms with Crippen molar-refractivity contribution in [2.24, 2.45) is 10.8 Å². The van der Waals surface area contributed by atoms with Gasteiger partial charge >= 0.3 is 0 Å². The molecule has 0 amide bonds. The average Bonchev–Trinajstić information content (AvgIpc) is 3.43. The summed E-state index contributed by atoms with van der Waals surface area (Å²) in [6.45, 7) is 25.9. The van der Waals surface area contributed by atoms with Gasteiger partial charge < -0.3 is 5.11 Å². The number of benzene rings is 3. The number of fused-ring (bicyclic) bond motifs is 4. The van der Waals surface area contributed by atoms with E-state index in [-0.39, 0.29) is 54.2 Å².